The van der Waals surface area contributed by atoms with E-state index in [9.17, 15) is 18.0 Å². The topological polar surface area (TPSA) is 55.0 Å². The summed E-state index contributed by atoms with van der Waals surface area (Å²) in [6.07, 6.45) is -2.94. The molecule has 0 aliphatic carbocycles. The fourth-order valence-electron chi connectivity index (χ4n) is 2.80. The highest BCUT2D eigenvalue weighted by Gasteiger charge is 2.30. The normalized spacial score (nSPS) is 11.5. The molecule has 28 heavy (non-hydrogen) atoms. The summed E-state index contributed by atoms with van der Waals surface area (Å²) in [7, 11) is 0. The maximum absolute atomic E-state index is 12.8. The van der Waals surface area contributed by atoms with Crippen LogP contribution in [-0.4, -0.2) is 9.97 Å². The fourth-order valence-corrected chi connectivity index (χ4v) is 2.95. The molecule has 2 aromatic heterocycles. The second-order valence-corrected chi connectivity index (χ2v) is 6.64. The van der Waals surface area contributed by atoms with Gasteiger partial charge in [-0.1, -0.05) is 23.7 Å². The molecule has 146 valence electrons. The average molecular weight is 409 g/mol. The van der Waals surface area contributed by atoms with Crippen LogP contribution in [0.25, 0.3) is 11.1 Å². The van der Waals surface area contributed by atoms with Gasteiger partial charge in [-0.15, -0.1) is 0 Å². The molecule has 2 heterocycles. The van der Waals surface area contributed by atoms with E-state index in [1.54, 1.807) is 32.0 Å². The van der Waals surface area contributed by atoms with Crippen molar-refractivity contribution < 1.29 is 17.9 Å². The van der Waals surface area contributed by atoms with E-state index in [0.717, 1.165) is 12.1 Å². The molecule has 0 spiro atoms. The van der Waals surface area contributed by atoms with Gasteiger partial charge in [-0.2, -0.15) is 13.2 Å². The Balaban J connectivity index is 1.78. The van der Waals surface area contributed by atoms with Crippen molar-refractivity contribution in [1.82, 2.24) is 9.97 Å². The van der Waals surface area contributed by atoms with Crippen LogP contribution in [0.15, 0.2) is 47.4 Å². The second kappa shape index (κ2) is 7.67. The van der Waals surface area contributed by atoms with Gasteiger partial charge in [0.05, 0.1) is 11.1 Å². The van der Waals surface area contributed by atoms with E-state index in [-0.39, 0.29) is 22.9 Å². The van der Waals surface area contributed by atoms with Crippen molar-refractivity contribution in [2.45, 2.75) is 26.6 Å². The van der Waals surface area contributed by atoms with Gasteiger partial charge in [-0.25, -0.2) is 4.98 Å². The molecule has 0 fully saturated rings. The van der Waals surface area contributed by atoms with Crippen molar-refractivity contribution in [2.24, 2.45) is 0 Å². The van der Waals surface area contributed by atoms with Gasteiger partial charge < -0.3 is 9.72 Å². The number of ether oxygens (including phenoxy) is 1. The summed E-state index contributed by atoms with van der Waals surface area (Å²) in [6.45, 7) is 3.41. The summed E-state index contributed by atoms with van der Waals surface area (Å²) in [6, 6.07) is 8.11. The molecule has 1 aromatic carbocycles. The maximum Gasteiger partial charge on any atom is 0.416 e. The summed E-state index contributed by atoms with van der Waals surface area (Å²) in [4.78, 5) is 19.6. The van der Waals surface area contributed by atoms with E-state index in [0.29, 0.717) is 28.1 Å². The average Bonchev–Trinajstić information content (AvgIpc) is 2.65. The Kier molecular flexibility index (Phi) is 5.47. The van der Waals surface area contributed by atoms with Crippen molar-refractivity contribution in [1.29, 1.82) is 0 Å². The van der Waals surface area contributed by atoms with Crippen LogP contribution in [0.1, 0.15) is 22.5 Å². The minimum absolute atomic E-state index is 0.0633. The van der Waals surface area contributed by atoms with Gasteiger partial charge in [0.2, 0.25) is 11.3 Å². The van der Waals surface area contributed by atoms with E-state index in [4.69, 9.17) is 16.3 Å². The summed E-state index contributed by atoms with van der Waals surface area (Å²) in [5.74, 6) is 0.230. The molecule has 0 atom stereocenters. The summed E-state index contributed by atoms with van der Waals surface area (Å²) in [5.41, 5.74) is 1.56. The van der Waals surface area contributed by atoms with Crippen LogP contribution in [0, 0.1) is 13.8 Å². The van der Waals surface area contributed by atoms with Gasteiger partial charge in [-0.3, -0.25) is 4.79 Å². The second-order valence-electron chi connectivity index (χ2n) is 6.27. The third-order valence-corrected chi connectivity index (χ3v) is 4.63. The lowest BCUT2D eigenvalue weighted by Gasteiger charge is -2.11. The molecule has 0 unspecified atom stereocenters. The Hall–Kier alpha value is -2.80. The SMILES string of the molecule is Cc1[nH]c(C)c(-c2ccc(OCc3cccc(C(F)(F)F)c3)nc2)c(=O)c1Cl. The van der Waals surface area contributed by atoms with Gasteiger partial charge in [0.1, 0.15) is 11.6 Å². The quantitative estimate of drug-likeness (QED) is 0.637. The van der Waals surface area contributed by atoms with Gasteiger partial charge in [0.25, 0.3) is 0 Å². The molecular weight excluding hydrogens is 393 g/mol. The van der Waals surface area contributed by atoms with Crippen molar-refractivity contribution in [3.8, 4) is 17.0 Å². The van der Waals surface area contributed by atoms with Crippen LogP contribution >= 0.6 is 11.6 Å². The highest BCUT2D eigenvalue weighted by atomic mass is 35.5. The van der Waals surface area contributed by atoms with Gasteiger partial charge in [-0.05, 0) is 37.6 Å². The molecule has 3 aromatic rings. The number of aryl methyl sites for hydroxylation is 2. The Labute approximate surface area is 164 Å². The van der Waals surface area contributed by atoms with E-state index in [1.807, 2.05) is 0 Å². The van der Waals surface area contributed by atoms with Crippen molar-refractivity contribution in [2.75, 3.05) is 0 Å². The zero-order chi connectivity index (χ0) is 20.5. The fraction of sp³-hybridized carbons (Fsp3) is 0.200. The van der Waals surface area contributed by atoms with E-state index >= 15 is 0 Å². The molecule has 0 amide bonds. The molecule has 0 saturated carbocycles. The third-order valence-electron chi connectivity index (χ3n) is 4.17. The lowest BCUT2D eigenvalue weighted by Crippen LogP contribution is -2.11. The molecule has 0 radical (unpaired) electrons. The number of alkyl halides is 3. The number of aromatic amines is 1. The summed E-state index contributed by atoms with van der Waals surface area (Å²) < 4.78 is 43.8. The Bertz CT molecular complexity index is 1060. The van der Waals surface area contributed by atoms with Crippen molar-refractivity contribution in [3.05, 3.63) is 80.4 Å². The maximum atomic E-state index is 12.8. The number of aromatic nitrogens is 2. The number of H-pyrrole nitrogens is 1. The number of rotatable bonds is 4. The molecule has 4 nitrogen and oxygen atoms in total. The predicted molar refractivity (Wildman–Crippen MR) is 101 cm³/mol. The third kappa shape index (κ3) is 4.20. The first kappa shape index (κ1) is 19.9. The van der Waals surface area contributed by atoms with Crippen molar-refractivity contribution >= 4 is 11.6 Å². The lowest BCUT2D eigenvalue weighted by atomic mass is 10.1. The minimum atomic E-state index is -4.41. The molecule has 0 aliphatic heterocycles. The monoisotopic (exact) mass is 408 g/mol. The molecule has 0 bridgehead atoms. The number of halogens is 4. The number of benzene rings is 1. The van der Waals surface area contributed by atoms with Gasteiger partial charge in [0, 0.05) is 29.2 Å². The van der Waals surface area contributed by atoms with Crippen LogP contribution in [0.5, 0.6) is 5.88 Å². The van der Waals surface area contributed by atoms with E-state index in [2.05, 4.69) is 9.97 Å². The standard InChI is InChI=1S/C20H16ClF3N2O2/c1-11-17(19(27)18(21)12(2)26-11)14-6-7-16(25-9-14)28-10-13-4-3-5-15(8-13)20(22,23)24/h3-9H,10H2,1-2H3,(H,26,27). The first-order valence-corrected chi connectivity index (χ1v) is 8.69. The van der Waals surface area contributed by atoms with Crippen LogP contribution in [-0.2, 0) is 12.8 Å². The number of pyridine rings is 2. The van der Waals surface area contributed by atoms with Crippen LogP contribution in [0.2, 0.25) is 5.02 Å². The Morgan fingerprint density at radius 1 is 1.14 bits per heavy atom. The molecule has 0 aliphatic rings. The molecule has 3 rings (SSSR count). The number of hydrogen-bond acceptors (Lipinski definition) is 3. The highest BCUT2D eigenvalue weighted by molar-refractivity contribution is 6.31. The van der Waals surface area contributed by atoms with Crippen molar-refractivity contribution in [3.63, 3.8) is 0 Å². The molecule has 0 saturated heterocycles. The summed E-state index contributed by atoms with van der Waals surface area (Å²) in [5, 5.41) is 0.116. The molecule has 1 N–H and O–H groups in total. The number of nitrogens with one attached hydrogen (secondary N) is 1. The number of nitrogens with zero attached hydrogens (tertiary/aromatic N) is 1. The Morgan fingerprint density at radius 2 is 1.89 bits per heavy atom. The van der Waals surface area contributed by atoms with Gasteiger partial charge in [0.15, 0.2) is 0 Å². The van der Waals surface area contributed by atoms with E-state index in [1.165, 1.54) is 12.3 Å². The smallest absolute Gasteiger partial charge is 0.416 e. The minimum Gasteiger partial charge on any atom is -0.473 e. The van der Waals surface area contributed by atoms with Crippen LogP contribution in [0.3, 0.4) is 0 Å². The number of hydrogen-bond donors (Lipinski definition) is 1. The zero-order valence-electron chi connectivity index (χ0n) is 15.0. The first-order chi connectivity index (χ1) is 13.2. The first-order valence-electron chi connectivity index (χ1n) is 8.31. The van der Waals surface area contributed by atoms with Crippen LogP contribution in [0.4, 0.5) is 13.2 Å². The van der Waals surface area contributed by atoms with E-state index < -0.39 is 11.7 Å². The molecular formula is C20H16ClF3N2O2. The lowest BCUT2D eigenvalue weighted by molar-refractivity contribution is -0.137. The predicted octanol–water partition coefficient (Wildman–Crippen LogP) is 5.30. The van der Waals surface area contributed by atoms with Gasteiger partial charge >= 0.3 is 6.18 Å². The summed E-state index contributed by atoms with van der Waals surface area (Å²) >= 11 is 6.03. The Morgan fingerprint density at radius 3 is 2.54 bits per heavy atom. The molecule has 8 heteroatoms. The zero-order valence-corrected chi connectivity index (χ0v) is 15.8. The highest BCUT2D eigenvalue weighted by Crippen LogP contribution is 2.30. The largest absolute Gasteiger partial charge is 0.473 e. The van der Waals surface area contributed by atoms with Crippen LogP contribution < -0.4 is 10.2 Å².